The number of ether oxygens (including phenoxy) is 1. The molecule has 5 nitrogen and oxygen atoms in total. The predicted molar refractivity (Wildman–Crippen MR) is 68.6 cm³/mol. The fraction of sp³-hybridized carbons (Fsp3) is 0.333. The number of hydrogen-bond acceptors (Lipinski definition) is 3. The number of halogens is 2. The van der Waals surface area contributed by atoms with Gasteiger partial charge in [-0.15, -0.1) is 0 Å². The van der Waals surface area contributed by atoms with E-state index < -0.39 is 11.7 Å². The maximum absolute atomic E-state index is 12.8. The molecule has 1 aromatic rings. The number of benzene rings is 1. The third-order valence-corrected chi connectivity index (χ3v) is 2.37. The third kappa shape index (κ3) is 5.56. The Morgan fingerprint density at radius 1 is 1.32 bits per heavy atom. The maximum Gasteiger partial charge on any atom is 0.258 e. The Morgan fingerprint density at radius 2 is 2.05 bits per heavy atom. The van der Waals surface area contributed by atoms with Crippen molar-refractivity contribution in [2.45, 2.75) is 6.92 Å². The van der Waals surface area contributed by atoms with Gasteiger partial charge in [0, 0.05) is 6.54 Å². The van der Waals surface area contributed by atoms with Crippen LogP contribution in [0.1, 0.15) is 6.92 Å². The quantitative estimate of drug-likeness (QED) is 0.824. The van der Waals surface area contributed by atoms with E-state index in [1.165, 1.54) is 12.1 Å². The highest BCUT2D eigenvalue weighted by atomic mass is 35.5. The van der Waals surface area contributed by atoms with Crippen LogP contribution in [-0.4, -0.2) is 31.5 Å². The van der Waals surface area contributed by atoms with Gasteiger partial charge in [0.1, 0.15) is 11.6 Å². The molecule has 7 heteroatoms. The van der Waals surface area contributed by atoms with Crippen LogP contribution in [0.15, 0.2) is 18.2 Å². The Bertz CT molecular complexity index is 468. The maximum atomic E-state index is 12.8. The summed E-state index contributed by atoms with van der Waals surface area (Å²) in [7, 11) is 0. The largest absolute Gasteiger partial charge is 0.482 e. The van der Waals surface area contributed by atoms with E-state index in [-0.39, 0.29) is 29.8 Å². The molecule has 0 fully saturated rings. The molecule has 0 saturated carbocycles. The van der Waals surface area contributed by atoms with Gasteiger partial charge in [-0.1, -0.05) is 11.6 Å². The molecule has 0 saturated heterocycles. The molecule has 0 spiro atoms. The van der Waals surface area contributed by atoms with Gasteiger partial charge in [0.25, 0.3) is 5.91 Å². The van der Waals surface area contributed by atoms with Crippen molar-refractivity contribution in [3.63, 3.8) is 0 Å². The second-order valence-electron chi connectivity index (χ2n) is 3.59. The molecule has 0 radical (unpaired) electrons. The topological polar surface area (TPSA) is 67.4 Å². The minimum absolute atomic E-state index is 0.0801. The molecule has 2 amide bonds. The Labute approximate surface area is 115 Å². The van der Waals surface area contributed by atoms with Crippen LogP contribution in [0, 0.1) is 5.82 Å². The number of nitrogens with one attached hydrogen (secondary N) is 2. The number of amides is 2. The molecule has 1 rings (SSSR count). The minimum atomic E-state index is -0.488. The summed E-state index contributed by atoms with van der Waals surface area (Å²) in [4.78, 5) is 22.5. The Hall–Kier alpha value is -1.82. The van der Waals surface area contributed by atoms with Crippen molar-refractivity contribution in [1.29, 1.82) is 0 Å². The highest BCUT2D eigenvalue weighted by Crippen LogP contribution is 2.24. The first-order valence-electron chi connectivity index (χ1n) is 5.64. The van der Waals surface area contributed by atoms with E-state index in [4.69, 9.17) is 16.3 Å². The average molecular weight is 289 g/mol. The molecule has 0 aliphatic rings. The summed E-state index contributed by atoms with van der Waals surface area (Å²) in [6.45, 7) is 1.85. The number of likely N-dealkylation sites (N-methyl/N-ethyl adjacent to an activating group) is 1. The lowest BCUT2D eigenvalue weighted by Crippen LogP contribution is -2.38. The van der Waals surface area contributed by atoms with Gasteiger partial charge in [-0.3, -0.25) is 9.59 Å². The number of hydrogen-bond donors (Lipinski definition) is 2. The Morgan fingerprint density at radius 3 is 2.68 bits per heavy atom. The lowest BCUT2D eigenvalue weighted by molar-refractivity contribution is -0.127. The highest BCUT2D eigenvalue weighted by Gasteiger charge is 2.08. The van der Waals surface area contributed by atoms with Crippen molar-refractivity contribution in [1.82, 2.24) is 10.6 Å². The van der Waals surface area contributed by atoms with E-state index >= 15 is 0 Å². The molecule has 0 aromatic heterocycles. The molecule has 0 atom stereocenters. The van der Waals surface area contributed by atoms with Gasteiger partial charge in [0.05, 0.1) is 11.6 Å². The van der Waals surface area contributed by atoms with Gasteiger partial charge in [0.2, 0.25) is 5.91 Å². The monoisotopic (exact) mass is 288 g/mol. The normalized spacial score (nSPS) is 9.84. The fourth-order valence-electron chi connectivity index (χ4n) is 1.23. The zero-order chi connectivity index (χ0) is 14.3. The van der Waals surface area contributed by atoms with Crippen LogP contribution >= 0.6 is 11.6 Å². The van der Waals surface area contributed by atoms with Crippen LogP contribution in [0.3, 0.4) is 0 Å². The summed E-state index contributed by atoms with van der Waals surface area (Å²) in [5, 5.41) is 4.99. The van der Waals surface area contributed by atoms with Crippen molar-refractivity contribution in [3.05, 3.63) is 29.0 Å². The molecule has 104 valence electrons. The van der Waals surface area contributed by atoms with Gasteiger partial charge in [-0.25, -0.2) is 4.39 Å². The number of carbonyl (C=O) groups is 2. The molecule has 1 aromatic carbocycles. The Kier molecular flexibility index (Phi) is 6.08. The third-order valence-electron chi connectivity index (χ3n) is 2.07. The van der Waals surface area contributed by atoms with Crippen LogP contribution in [-0.2, 0) is 9.59 Å². The molecular formula is C12H14ClFN2O3. The number of carbonyl (C=O) groups excluding carboxylic acids is 2. The summed E-state index contributed by atoms with van der Waals surface area (Å²) in [5.74, 6) is -1.03. The molecule has 0 unspecified atom stereocenters. The first-order chi connectivity index (χ1) is 9.02. The van der Waals surface area contributed by atoms with Gasteiger partial charge >= 0.3 is 0 Å². The summed E-state index contributed by atoms with van der Waals surface area (Å²) >= 11 is 5.72. The lowest BCUT2D eigenvalue weighted by Gasteiger charge is -2.08. The lowest BCUT2D eigenvalue weighted by atomic mass is 10.3. The van der Waals surface area contributed by atoms with Crippen LogP contribution in [0.2, 0.25) is 5.02 Å². The smallest absolute Gasteiger partial charge is 0.258 e. The van der Waals surface area contributed by atoms with Crippen molar-refractivity contribution in [3.8, 4) is 5.75 Å². The molecule has 0 heterocycles. The van der Waals surface area contributed by atoms with E-state index in [2.05, 4.69) is 10.6 Å². The van der Waals surface area contributed by atoms with Crippen LogP contribution in [0.4, 0.5) is 4.39 Å². The van der Waals surface area contributed by atoms with Gasteiger partial charge in [-0.2, -0.15) is 0 Å². The molecule has 0 bridgehead atoms. The molecule has 2 N–H and O–H groups in total. The van der Waals surface area contributed by atoms with Crippen molar-refractivity contribution in [2.24, 2.45) is 0 Å². The van der Waals surface area contributed by atoms with E-state index in [9.17, 15) is 14.0 Å². The second-order valence-corrected chi connectivity index (χ2v) is 4.00. The van der Waals surface area contributed by atoms with E-state index in [0.29, 0.717) is 6.54 Å². The van der Waals surface area contributed by atoms with E-state index in [1.54, 1.807) is 6.92 Å². The zero-order valence-electron chi connectivity index (χ0n) is 10.3. The standard InChI is InChI=1S/C12H14ClFN2O3/c1-2-15-11(17)6-16-12(18)7-19-10-4-3-8(14)5-9(10)13/h3-5H,2,6-7H2,1H3,(H,15,17)(H,16,18). The summed E-state index contributed by atoms with van der Waals surface area (Å²) < 4.78 is 17.9. The number of rotatable bonds is 6. The summed E-state index contributed by atoms with van der Waals surface area (Å²) in [6.07, 6.45) is 0. The summed E-state index contributed by atoms with van der Waals surface area (Å²) in [6, 6.07) is 3.59. The van der Waals surface area contributed by atoms with Gasteiger partial charge < -0.3 is 15.4 Å². The Balaban J connectivity index is 2.36. The first-order valence-corrected chi connectivity index (χ1v) is 6.02. The average Bonchev–Trinajstić information content (AvgIpc) is 2.35. The zero-order valence-corrected chi connectivity index (χ0v) is 11.1. The van der Waals surface area contributed by atoms with Crippen molar-refractivity contribution < 1.29 is 18.7 Å². The van der Waals surface area contributed by atoms with Crippen molar-refractivity contribution >= 4 is 23.4 Å². The first kappa shape index (κ1) is 15.2. The molecule has 19 heavy (non-hydrogen) atoms. The van der Waals surface area contributed by atoms with Crippen LogP contribution in [0.25, 0.3) is 0 Å². The summed E-state index contributed by atoms with van der Waals surface area (Å²) in [5.41, 5.74) is 0. The molecule has 0 aliphatic heterocycles. The molecule has 0 aliphatic carbocycles. The van der Waals surface area contributed by atoms with Crippen LogP contribution in [0.5, 0.6) is 5.75 Å². The highest BCUT2D eigenvalue weighted by molar-refractivity contribution is 6.32. The van der Waals surface area contributed by atoms with Gasteiger partial charge in [-0.05, 0) is 25.1 Å². The predicted octanol–water partition coefficient (Wildman–Crippen LogP) is 1.11. The second kappa shape index (κ2) is 7.58. The minimum Gasteiger partial charge on any atom is -0.482 e. The fourth-order valence-corrected chi connectivity index (χ4v) is 1.45. The van der Waals surface area contributed by atoms with Crippen molar-refractivity contribution in [2.75, 3.05) is 19.7 Å². The van der Waals surface area contributed by atoms with E-state index in [1.807, 2.05) is 0 Å². The van der Waals surface area contributed by atoms with Crippen LogP contribution < -0.4 is 15.4 Å². The van der Waals surface area contributed by atoms with Gasteiger partial charge in [0.15, 0.2) is 6.61 Å². The van der Waals surface area contributed by atoms with E-state index in [0.717, 1.165) is 6.07 Å². The molecular weight excluding hydrogens is 275 g/mol. The SMILES string of the molecule is CCNC(=O)CNC(=O)COc1ccc(F)cc1Cl.